The highest BCUT2D eigenvalue weighted by molar-refractivity contribution is 5.97. The van der Waals surface area contributed by atoms with Gasteiger partial charge in [-0.3, -0.25) is 9.59 Å². The van der Waals surface area contributed by atoms with Crippen LogP contribution in [0.15, 0.2) is 18.2 Å². The minimum absolute atomic E-state index is 0.0104. The number of carbonyl (C=O) groups excluding carboxylic acids is 2. The number of rotatable bonds is 6. The van der Waals surface area contributed by atoms with E-state index < -0.39 is 6.04 Å². The van der Waals surface area contributed by atoms with Gasteiger partial charge in [0.2, 0.25) is 18.6 Å². The van der Waals surface area contributed by atoms with Crippen LogP contribution in [-0.2, 0) is 9.59 Å². The average molecular weight is 360 g/mol. The van der Waals surface area contributed by atoms with Crippen molar-refractivity contribution in [1.82, 2.24) is 5.32 Å². The maximum Gasteiger partial charge on any atom is 0.246 e. The van der Waals surface area contributed by atoms with Crippen LogP contribution in [0.2, 0.25) is 0 Å². The summed E-state index contributed by atoms with van der Waals surface area (Å²) in [5, 5.41) is 5.88. The Bertz CT molecular complexity index is 653. The first-order valence-corrected chi connectivity index (χ1v) is 9.54. The van der Waals surface area contributed by atoms with Gasteiger partial charge in [-0.1, -0.05) is 33.1 Å². The average Bonchev–Trinajstić information content (AvgIpc) is 3.09. The standard InChI is InChI=1S/C20H28N2O4/c1-13(2)10-16(22-19(23)14-6-4-3-5-7-14)20(24)21-15-8-9-17-18(11-15)26-12-25-17/h8-9,11,13-14,16H,3-7,10,12H2,1-2H3,(H,21,24)(H,22,23). The van der Waals surface area contributed by atoms with Crippen LogP contribution in [0.25, 0.3) is 0 Å². The zero-order chi connectivity index (χ0) is 18.5. The lowest BCUT2D eigenvalue weighted by atomic mass is 9.88. The Labute approximate surface area is 154 Å². The first-order chi connectivity index (χ1) is 12.5. The van der Waals surface area contributed by atoms with E-state index in [0.717, 1.165) is 25.7 Å². The predicted molar refractivity (Wildman–Crippen MR) is 99.2 cm³/mol. The van der Waals surface area contributed by atoms with E-state index in [-0.39, 0.29) is 24.5 Å². The Morgan fingerprint density at radius 1 is 1.12 bits per heavy atom. The SMILES string of the molecule is CC(C)CC(NC(=O)C1CCCCC1)C(=O)Nc1ccc2c(c1)OCO2. The second-order valence-corrected chi connectivity index (χ2v) is 7.58. The van der Waals surface area contributed by atoms with Crippen LogP contribution in [0.1, 0.15) is 52.4 Å². The van der Waals surface area contributed by atoms with Crippen molar-refractivity contribution in [1.29, 1.82) is 0 Å². The summed E-state index contributed by atoms with van der Waals surface area (Å²) >= 11 is 0. The first-order valence-electron chi connectivity index (χ1n) is 9.54. The van der Waals surface area contributed by atoms with Crippen molar-refractivity contribution in [3.05, 3.63) is 18.2 Å². The molecular formula is C20H28N2O4. The van der Waals surface area contributed by atoms with Gasteiger partial charge in [0, 0.05) is 17.7 Å². The number of fused-ring (bicyclic) bond motifs is 1. The van der Waals surface area contributed by atoms with Gasteiger partial charge in [0.05, 0.1) is 0 Å². The van der Waals surface area contributed by atoms with Crippen molar-refractivity contribution in [2.75, 3.05) is 12.1 Å². The minimum Gasteiger partial charge on any atom is -0.454 e. The van der Waals surface area contributed by atoms with Crippen molar-refractivity contribution in [2.45, 2.75) is 58.4 Å². The minimum atomic E-state index is -0.533. The van der Waals surface area contributed by atoms with E-state index in [2.05, 4.69) is 10.6 Å². The quantitative estimate of drug-likeness (QED) is 0.814. The fourth-order valence-electron chi connectivity index (χ4n) is 3.56. The number of ether oxygens (including phenoxy) is 2. The van der Waals surface area contributed by atoms with Crippen molar-refractivity contribution in [3.63, 3.8) is 0 Å². The number of hydrogen-bond acceptors (Lipinski definition) is 4. The summed E-state index contributed by atoms with van der Waals surface area (Å²) < 4.78 is 10.6. The number of carbonyl (C=O) groups is 2. The highest BCUT2D eigenvalue weighted by atomic mass is 16.7. The van der Waals surface area contributed by atoms with Crippen molar-refractivity contribution < 1.29 is 19.1 Å². The van der Waals surface area contributed by atoms with Crippen LogP contribution < -0.4 is 20.1 Å². The van der Waals surface area contributed by atoms with Crippen LogP contribution in [0, 0.1) is 11.8 Å². The summed E-state index contributed by atoms with van der Waals surface area (Å²) in [6.45, 7) is 4.29. The Kier molecular flexibility index (Phi) is 6.01. The Hall–Kier alpha value is -2.24. The molecule has 1 heterocycles. The summed E-state index contributed by atoms with van der Waals surface area (Å²) in [5.74, 6) is 1.45. The summed E-state index contributed by atoms with van der Waals surface area (Å²) in [6.07, 6.45) is 5.83. The number of nitrogens with one attached hydrogen (secondary N) is 2. The van der Waals surface area contributed by atoms with Crippen LogP contribution in [0.5, 0.6) is 11.5 Å². The number of hydrogen-bond donors (Lipinski definition) is 2. The summed E-state index contributed by atoms with van der Waals surface area (Å²) in [6, 6.07) is 4.77. The number of anilines is 1. The van der Waals surface area contributed by atoms with Crippen LogP contribution in [0.4, 0.5) is 5.69 Å². The monoisotopic (exact) mass is 360 g/mol. The lowest BCUT2D eigenvalue weighted by Crippen LogP contribution is -2.47. The van der Waals surface area contributed by atoms with Crippen LogP contribution in [-0.4, -0.2) is 24.6 Å². The molecule has 0 bridgehead atoms. The van der Waals surface area contributed by atoms with Gasteiger partial charge >= 0.3 is 0 Å². The van der Waals surface area contributed by atoms with Gasteiger partial charge in [-0.25, -0.2) is 0 Å². The first kappa shape index (κ1) is 18.5. The van der Waals surface area contributed by atoms with Gasteiger partial charge in [0.25, 0.3) is 0 Å². The molecule has 26 heavy (non-hydrogen) atoms. The lowest BCUT2D eigenvalue weighted by molar-refractivity contribution is -0.130. The molecule has 2 amide bonds. The second kappa shape index (κ2) is 8.43. The number of benzene rings is 1. The third-order valence-electron chi connectivity index (χ3n) is 4.96. The van der Waals surface area contributed by atoms with E-state index in [1.807, 2.05) is 13.8 Å². The molecule has 3 rings (SSSR count). The Morgan fingerprint density at radius 2 is 1.85 bits per heavy atom. The maximum atomic E-state index is 12.8. The van der Waals surface area contributed by atoms with E-state index in [1.165, 1.54) is 6.42 Å². The topological polar surface area (TPSA) is 76.7 Å². The van der Waals surface area contributed by atoms with Gasteiger partial charge in [0.15, 0.2) is 11.5 Å². The summed E-state index contributed by atoms with van der Waals surface area (Å²) in [7, 11) is 0. The van der Waals surface area contributed by atoms with Gasteiger partial charge < -0.3 is 20.1 Å². The molecule has 0 aromatic heterocycles. The highest BCUT2D eigenvalue weighted by Crippen LogP contribution is 2.34. The smallest absolute Gasteiger partial charge is 0.246 e. The van der Waals surface area contributed by atoms with E-state index in [1.54, 1.807) is 18.2 Å². The fraction of sp³-hybridized carbons (Fsp3) is 0.600. The molecule has 6 nitrogen and oxygen atoms in total. The molecule has 2 aliphatic rings. The zero-order valence-electron chi connectivity index (χ0n) is 15.5. The van der Waals surface area contributed by atoms with E-state index in [4.69, 9.17) is 9.47 Å². The molecule has 0 spiro atoms. The molecule has 0 radical (unpaired) electrons. The fourth-order valence-corrected chi connectivity index (χ4v) is 3.56. The Morgan fingerprint density at radius 3 is 2.58 bits per heavy atom. The zero-order valence-corrected chi connectivity index (χ0v) is 15.5. The lowest BCUT2D eigenvalue weighted by Gasteiger charge is -2.25. The molecule has 1 aliphatic heterocycles. The van der Waals surface area contributed by atoms with E-state index in [9.17, 15) is 9.59 Å². The number of amides is 2. The van der Waals surface area contributed by atoms with Gasteiger partial charge in [-0.2, -0.15) is 0 Å². The molecule has 1 unspecified atom stereocenters. The van der Waals surface area contributed by atoms with Crippen molar-refractivity contribution in [2.24, 2.45) is 11.8 Å². The molecule has 1 aromatic rings. The van der Waals surface area contributed by atoms with Crippen LogP contribution in [0.3, 0.4) is 0 Å². The second-order valence-electron chi connectivity index (χ2n) is 7.58. The molecule has 142 valence electrons. The summed E-state index contributed by atoms with van der Waals surface area (Å²) in [4.78, 5) is 25.3. The van der Waals surface area contributed by atoms with E-state index in [0.29, 0.717) is 29.5 Å². The maximum absolute atomic E-state index is 12.8. The molecular weight excluding hydrogens is 332 g/mol. The molecule has 1 atom stereocenters. The highest BCUT2D eigenvalue weighted by Gasteiger charge is 2.27. The molecule has 1 fully saturated rings. The normalized spacial score (nSPS) is 17.8. The van der Waals surface area contributed by atoms with Crippen LogP contribution >= 0.6 is 0 Å². The molecule has 1 aromatic carbocycles. The molecule has 6 heteroatoms. The summed E-state index contributed by atoms with van der Waals surface area (Å²) in [5.41, 5.74) is 0.639. The van der Waals surface area contributed by atoms with Gasteiger partial charge in [-0.05, 0) is 37.3 Å². The van der Waals surface area contributed by atoms with Gasteiger partial charge in [-0.15, -0.1) is 0 Å². The third-order valence-corrected chi connectivity index (χ3v) is 4.96. The molecule has 1 saturated carbocycles. The largest absolute Gasteiger partial charge is 0.454 e. The van der Waals surface area contributed by atoms with E-state index >= 15 is 0 Å². The third kappa shape index (κ3) is 4.68. The molecule has 0 saturated heterocycles. The van der Waals surface area contributed by atoms with Crippen molar-refractivity contribution >= 4 is 17.5 Å². The van der Waals surface area contributed by atoms with Crippen molar-refractivity contribution in [3.8, 4) is 11.5 Å². The van der Waals surface area contributed by atoms with Gasteiger partial charge in [0.1, 0.15) is 6.04 Å². The molecule has 2 N–H and O–H groups in total. The predicted octanol–water partition coefficient (Wildman–Crippen LogP) is 3.47. The molecule has 1 aliphatic carbocycles. The Balaban J connectivity index is 1.64.